The van der Waals surface area contributed by atoms with Gasteiger partial charge in [0.05, 0.1) is 36.0 Å². The fraction of sp³-hybridized carbons (Fsp3) is 0.279. The Bertz CT molecular complexity index is 2180. The van der Waals surface area contributed by atoms with Gasteiger partial charge < -0.3 is 24.8 Å². The van der Waals surface area contributed by atoms with Crippen LogP contribution in [0.3, 0.4) is 0 Å². The number of benzene rings is 4. The summed E-state index contributed by atoms with van der Waals surface area (Å²) in [6, 6.07) is 33.8. The Hall–Kier alpha value is -5.59. The first kappa shape index (κ1) is 35.4. The fourth-order valence-electron chi connectivity index (χ4n) is 7.20. The third-order valence-electron chi connectivity index (χ3n) is 10.3. The number of aliphatic hydroxyl groups is 1. The van der Waals surface area contributed by atoms with Crippen LogP contribution >= 0.6 is 0 Å². The number of piperazine rings is 1. The molecule has 2 saturated heterocycles. The maximum atomic E-state index is 12.9. The summed E-state index contributed by atoms with van der Waals surface area (Å²) in [6.07, 6.45) is 4.27. The van der Waals surface area contributed by atoms with Crippen LogP contribution in [-0.2, 0) is 22.6 Å². The maximum Gasteiger partial charge on any atom is 0.271 e. The largest absolute Gasteiger partial charge is 0.392 e. The molecule has 0 spiro atoms. The summed E-state index contributed by atoms with van der Waals surface area (Å²) in [5.41, 5.74) is 7.66. The first-order valence-electron chi connectivity index (χ1n) is 18.4. The van der Waals surface area contributed by atoms with E-state index >= 15 is 0 Å². The normalized spacial score (nSPS) is 20.5. The molecule has 274 valence electrons. The van der Waals surface area contributed by atoms with Gasteiger partial charge in [-0.2, -0.15) is 0 Å². The number of hydrogen-bond donors (Lipinski definition) is 2. The average Bonchev–Trinajstić information content (AvgIpc) is 3.24. The molecule has 6 aromatic rings. The van der Waals surface area contributed by atoms with Gasteiger partial charge in [-0.25, -0.2) is 15.0 Å². The Morgan fingerprint density at radius 2 is 1.52 bits per heavy atom. The minimum Gasteiger partial charge on any atom is -0.392 e. The van der Waals surface area contributed by atoms with Gasteiger partial charge in [-0.15, -0.1) is 0 Å². The molecule has 2 fully saturated rings. The number of rotatable bonds is 10. The minimum absolute atomic E-state index is 0.000125. The monoisotopic (exact) mass is 721 g/mol. The summed E-state index contributed by atoms with van der Waals surface area (Å²) in [4.78, 5) is 35.3. The van der Waals surface area contributed by atoms with Crippen molar-refractivity contribution in [1.29, 1.82) is 0 Å². The molecule has 4 aromatic carbocycles. The highest BCUT2D eigenvalue weighted by Gasteiger charge is 2.39. The van der Waals surface area contributed by atoms with Gasteiger partial charge in [-0.05, 0) is 52.1 Å². The Balaban J connectivity index is 0.952. The van der Waals surface area contributed by atoms with Gasteiger partial charge in [0, 0.05) is 63.1 Å². The molecule has 0 unspecified atom stereocenters. The van der Waals surface area contributed by atoms with Crippen molar-refractivity contribution in [3.05, 3.63) is 150 Å². The maximum absolute atomic E-state index is 12.9. The molecule has 54 heavy (non-hydrogen) atoms. The zero-order valence-electron chi connectivity index (χ0n) is 30.2. The summed E-state index contributed by atoms with van der Waals surface area (Å²) in [5.74, 6) is 0.593. The molecule has 8 rings (SSSR count). The van der Waals surface area contributed by atoms with Crippen LogP contribution in [0.25, 0.3) is 22.2 Å². The lowest BCUT2D eigenvalue weighted by Gasteiger charge is -2.44. The van der Waals surface area contributed by atoms with Gasteiger partial charge in [0.1, 0.15) is 5.69 Å². The van der Waals surface area contributed by atoms with E-state index in [1.54, 1.807) is 12.4 Å². The van der Waals surface area contributed by atoms with Crippen molar-refractivity contribution < 1.29 is 19.4 Å². The van der Waals surface area contributed by atoms with Gasteiger partial charge in [-0.3, -0.25) is 14.7 Å². The second-order valence-corrected chi connectivity index (χ2v) is 13.9. The van der Waals surface area contributed by atoms with Crippen LogP contribution in [0, 0.1) is 5.92 Å². The van der Waals surface area contributed by atoms with Gasteiger partial charge in [-0.1, -0.05) is 85.8 Å². The first-order valence-corrected chi connectivity index (χ1v) is 18.4. The molecule has 0 aliphatic carbocycles. The number of amides is 1. The predicted molar refractivity (Wildman–Crippen MR) is 206 cm³/mol. The lowest BCUT2D eigenvalue weighted by molar-refractivity contribution is -0.276. The second kappa shape index (κ2) is 16.2. The number of anilines is 1. The highest BCUT2D eigenvalue weighted by Crippen LogP contribution is 2.42. The Labute approximate surface area is 314 Å². The van der Waals surface area contributed by atoms with E-state index in [1.165, 1.54) is 6.20 Å². The molecular formula is C43H43N7O4. The molecule has 4 heterocycles. The number of fused-ring (bicyclic) bond motifs is 1. The Morgan fingerprint density at radius 3 is 2.28 bits per heavy atom. The van der Waals surface area contributed by atoms with Crippen molar-refractivity contribution in [1.82, 2.24) is 30.2 Å². The summed E-state index contributed by atoms with van der Waals surface area (Å²) >= 11 is 0. The number of para-hydroxylation sites is 2. The van der Waals surface area contributed by atoms with Crippen LogP contribution in [0.4, 0.5) is 5.95 Å². The standard InChI is InChI=1S/C43H43N7O4/c1-29-39(27-49-20-22-50(23-21-49)43-44-18-5-19-45-43)53-42(54-40(29)33-12-10-30(28-51)11-13-33)34-16-14-32(15-17-34)35-7-4-6-31(24-35)25-47-41(52)38-26-46-36-8-2-3-9-37(36)48-38/h2-19,24,26,29,39-40,42,51H,20-23,25,27-28H2,1H3,(H,47,52)/t29-,39+,40+,42+/m0/s1. The Morgan fingerprint density at radius 1 is 0.778 bits per heavy atom. The lowest BCUT2D eigenvalue weighted by atomic mass is 9.89. The topological polar surface area (TPSA) is 126 Å². The van der Waals surface area contributed by atoms with Crippen LogP contribution in [0.2, 0.25) is 0 Å². The first-order chi connectivity index (χ1) is 26.5. The highest BCUT2D eigenvalue weighted by molar-refractivity contribution is 5.93. The van der Waals surface area contributed by atoms with Crippen LogP contribution < -0.4 is 10.2 Å². The number of nitrogens with zero attached hydrogens (tertiary/aromatic N) is 6. The van der Waals surface area contributed by atoms with Crippen LogP contribution in [-0.4, -0.2) is 74.7 Å². The molecule has 0 saturated carbocycles. The van der Waals surface area contributed by atoms with Gasteiger partial charge >= 0.3 is 0 Å². The van der Waals surface area contributed by atoms with Gasteiger partial charge in [0.15, 0.2) is 6.29 Å². The quantitative estimate of drug-likeness (QED) is 0.171. The third kappa shape index (κ3) is 7.99. The molecule has 11 nitrogen and oxygen atoms in total. The van der Waals surface area contributed by atoms with E-state index < -0.39 is 6.29 Å². The van der Waals surface area contributed by atoms with Crippen LogP contribution in [0.1, 0.15) is 52.1 Å². The third-order valence-corrected chi connectivity index (χ3v) is 10.3. The van der Waals surface area contributed by atoms with Crippen molar-refractivity contribution in [2.45, 2.75) is 38.6 Å². The second-order valence-electron chi connectivity index (χ2n) is 13.9. The van der Waals surface area contributed by atoms with Crippen molar-refractivity contribution in [3.63, 3.8) is 0 Å². The SMILES string of the molecule is C[C@H]1[C@@H](CN2CCN(c3ncccn3)CC2)O[C@@H](c2ccc(-c3cccc(CNC(=O)c4cnc5ccccc5n4)c3)cc2)O[C@H]1c1ccc(CO)cc1. The molecule has 2 aromatic heterocycles. The summed E-state index contributed by atoms with van der Waals surface area (Å²) < 4.78 is 13.5. The number of carbonyl (C=O) groups is 1. The van der Waals surface area contributed by atoms with E-state index in [2.05, 4.69) is 90.5 Å². The molecule has 11 heteroatoms. The molecule has 0 bridgehead atoms. The molecule has 0 radical (unpaired) electrons. The average molecular weight is 722 g/mol. The molecular weight excluding hydrogens is 679 g/mol. The van der Waals surface area contributed by atoms with Crippen molar-refractivity contribution in [2.75, 3.05) is 37.6 Å². The van der Waals surface area contributed by atoms with Crippen molar-refractivity contribution in [2.24, 2.45) is 5.92 Å². The summed E-state index contributed by atoms with van der Waals surface area (Å²) in [5, 5.41) is 12.6. The minimum atomic E-state index is -0.554. The number of aliphatic hydroxyl groups excluding tert-OH is 1. The van der Waals surface area contributed by atoms with Crippen LogP contribution in [0.15, 0.2) is 122 Å². The van der Waals surface area contributed by atoms with E-state index in [1.807, 2.05) is 54.6 Å². The van der Waals surface area contributed by atoms with E-state index in [0.29, 0.717) is 12.1 Å². The van der Waals surface area contributed by atoms with Crippen molar-refractivity contribution in [3.8, 4) is 11.1 Å². The lowest BCUT2D eigenvalue weighted by Crippen LogP contribution is -2.51. The molecule has 2 aliphatic heterocycles. The van der Waals surface area contributed by atoms with Crippen LogP contribution in [0.5, 0.6) is 0 Å². The number of ether oxygens (including phenoxy) is 2. The van der Waals surface area contributed by atoms with E-state index in [4.69, 9.17) is 9.47 Å². The highest BCUT2D eigenvalue weighted by atomic mass is 16.7. The molecule has 2 aliphatic rings. The van der Waals surface area contributed by atoms with Gasteiger partial charge in [0.25, 0.3) is 5.91 Å². The smallest absolute Gasteiger partial charge is 0.271 e. The molecule has 1 amide bonds. The summed E-state index contributed by atoms with van der Waals surface area (Å²) in [7, 11) is 0. The number of carbonyl (C=O) groups excluding carboxylic acids is 1. The molecule has 4 atom stereocenters. The number of nitrogens with one attached hydrogen (secondary N) is 1. The Kier molecular flexibility index (Phi) is 10.6. The van der Waals surface area contributed by atoms with E-state index in [0.717, 1.165) is 77.6 Å². The van der Waals surface area contributed by atoms with Crippen molar-refractivity contribution >= 4 is 22.9 Å². The predicted octanol–water partition coefficient (Wildman–Crippen LogP) is 6.12. The number of hydrogen-bond acceptors (Lipinski definition) is 10. The van der Waals surface area contributed by atoms with E-state index in [9.17, 15) is 9.90 Å². The zero-order valence-corrected chi connectivity index (χ0v) is 30.2. The molecule has 2 N–H and O–H groups in total. The zero-order chi connectivity index (χ0) is 36.9. The number of aromatic nitrogens is 4. The van der Waals surface area contributed by atoms with E-state index in [-0.39, 0.29) is 36.3 Å². The summed E-state index contributed by atoms with van der Waals surface area (Å²) in [6.45, 7) is 6.83. The fourth-order valence-corrected chi connectivity index (χ4v) is 7.20. The van der Waals surface area contributed by atoms with Gasteiger partial charge in [0.2, 0.25) is 5.95 Å².